The number of aryl methyl sites for hydroxylation is 1. The fourth-order valence-electron chi connectivity index (χ4n) is 2.09. The molecule has 0 saturated carbocycles. The van der Waals surface area contributed by atoms with Crippen LogP contribution in [0.5, 0.6) is 5.75 Å². The Morgan fingerprint density at radius 1 is 1.10 bits per heavy atom. The Labute approximate surface area is 117 Å². The van der Waals surface area contributed by atoms with Crippen LogP contribution in [0.1, 0.15) is 24.1 Å². The molecule has 0 amide bonds. The minimum atomic E-state index is -0.570. The second kappa shape index (κ2) is 5.90. The number of benzene rings is 2. The Morgan fingerprint density at radius 2 is 1.85 bits per heavy atom. The van der Waals surface area contributed by atoms with Gasteiger partial charge in [-0.15, -0.1) is 0 Å². The number of hydrogen-bond donors (Lipinski definition) is 1. The van der Waals surface area contributed by atoms with E-state index in [-0.39, 0.29) is 6.04 Å². The number of anilines is 1. The predicted molar refractivity (Wildman–Crippen MR) is 76.1 cm³/mol. The molecule has 0 heterocycles. The highest BCUT2D eigenvalue weighted by molar-refractivity contribution is 5.54. The molecule has 1 unspecified atom stereocenters. The van der Waals surface area contributed by atoms with E-state index < -0.39 is 11.6 Å². The van der Waals surface area contributed by atoms with Crippen molar-refractivity contribution < 1.29 is 13.5 Å². The zero-order valence-corrected chi connectivity index (χ0v) is 11.7. The topological polar surface area (TPSA) is 21.3 Å². The maximum absolute atomic E-state index is 13.7. The number of methoxy groups -OCH3 is 1. The summed E-state index contributed by atoms with van der Waals surface area (Å²) in [6, 6.07) is 8.97. The molecule has 1 atom stereocenters. The summed E-state index contributed by atoms with van der Waals surface area (Å²) in [6.45, 7) is 3.78. The molecule has 0 bridgehead atoms. The van der Waals surface area contributed by atoms with Crippen molar-refractivity contribution in [3.05, 3.63) is 59.2 Å². The third kappa shape index (κ3) is 3.07. The van der Waals surface area contributed by atoms with Gasteiger partial charge in [-0.3, -0.25) is 0 Å². The van der Waals surface area contributed by atoms with E-state index in [1.807, 2.05) is 32.0 Å². The summed E-state index contributed by atoms with van der Waals surface area (Å²) in [5, 5.41) is 3.22. The fourth-order valence-corrected chi connectivity index (χ4v) is 2.09. The van der Waals surface area contributed by atoms with Crippen LogP contribution in [-0.2, 0) is 0 Å². The van der Waals surface area contributed by atoms with Crippen LogP contribution in [0.3, 0.4) is 0 Å². The molecule has 20 heavy (non-hydrogen) atoms. The van der Waals surface area contributed by atoms with Gasteiger partial charge >= 0.3 is 0 Å². The van der Waals surface area contributed by atoms with Gasteiger partial charge in [0.1, 0.15) is 17.4 Å². The maximum Gasteiger partial charge on any atom is 0.131 e. The quantitative estimate of drug-likeness (QED) is 0.891. The Morgan fingerprint density at radius 3 is 2.45 bits per heavy atom. The van der Waals surface area contributed by atoms with Gasteiger partial charge in [0.25, 0.3) is 0 Å². The smallest absolute Gasteiger partial charge is 0.131 e. The number of halogens is 2. The minimum Gasteiger partial charge on any atom is -0.497 e. The van der Waals surface area contributed by atoms with Gasteiger partial charge in [-0.25, -0.2) is 8.78 Å². The molecule has 2 nitrogen and oxygen atoms in total. The minimum absolute atomic E-state index is 0.261. The molecule has 0 spiro atoms. The molecular formula is C16H17F2NO. The van der Waals surface area contributed by atoms with Crippen LogP contribution in [0.15, 0.2) is 36.4 Å². The molecular weight excluding hydrogens is 260 g/mol. The fraction of sp³-hybridized carbons (Fsp3) is 0.250. The van der Waals surface area contributed by atoms with Crippen molar-refractivity contribution in [2.45, 2.75) is 19.9 Å². The molecule has 2 aromatic carbocycles. The second-order valence-electron chi connectivity index (χ2n) is 4.71. The van der Waals surface area contributed by atoms with Gasteiger partial charge < -0.3 is 10.1 Å². The van der Waals surface area contributed by atoms with Gasteiger partial charge in [-0.1, -0.05) is 6.07 Å². The van der Waals surface area contributed by atoms with Gasteiger partial charge in [-0.2, -0.15) is 0 Å². The summed E-state index contributed by atoms with van der Waals surface area (Å²) in [7, 11) is 1.61. The van der Waals surface area contributed by atoms with Crippen molar-refractivity contribution in [3.63, 3.8) is 0 Å². The summed E-state index contributed by atoms with van der Waals surface area (Å²) in [5.74, 6) is -0.344. The van der Waals surface area contributed by atoms with Crippen LogP contribution in [0.25, 0.3) is 0 Å². The molecule has 0 aliphatic carbocycles. The molecule has 0 aliphatic rings. The van der Waals surface area contributed by atoms with Crippen molar-refractivity contribution in [1.82, 2.24) is 0 Å². The van der Waals surface area contributed by atoms with E-state index >= 15 is 0 Å². The molecule has 0 radical (unpaired) electrons. The molecule has 106 valence electrons. The van der Waals surface area contributed by atoms with E-state index in [1.54, 1.807) is 7.11 Å². The van der Waals surface area contributed by atoms with Gasteiger partial charge in [0, 0.05) is 17.3 Å². The summed E-state index contributed by atoms with van der Waals surface area (Å²) in [4.78, 5) is 0. The summed E-state index contributed by atoms with van der Waals surface area (Å²) >= 11 is 0. The number of nitrogens with one attached hydrogen (secondary N) is 1. The standard InChI is InChI=1S/C16H17F2NO/c1-10-8-13(20-3)5-7-16(10)19-11(2)14-6-4-12(17)9-15(14)18/h4-9,11,19H,1-3H3. The monoisotopic (exact) mass is 277 g/mol. The van der Waals surface area contributed by atoms with E-state index in [9.17, 15) is 8.78 Å². The zero-order chi connectivity index (χ0) is 14.7. The van der Waals surface area contributed by atoms with Crippen molar-refractivity contribution in [2.75, 3.05) is 12.4 Å². The first kappa shape index (κ1) is 14.3. The van der Waals surface area contributed by atoms with Gasteiger partial charge in [0.05, 0.1) is 13.2 Å². The number of rotatable bonds is 4. The lowest BCUT2D eigenvalue weighted by Gasteiger charge is -2.18. The Bertz CT molecular complexity index is 613. The van der Waals surface area contributed by atoms with Crippen LogP contribution in [-0.4, -0.2) is 7.11 Å². The van der Waals surface area contributed by atoms with Crippen molar-refractivity contribution >= 4 is 5.69 Å². The molecule has 0 aromatic heterocycles. The Kier molecular flexibility index (Phi) is 4.23. The molecule has 2 aromatic rings. The normalized spacial score (nSPS) is 12.1. The highest BCUT2D eigenvalue weighted by atomic mass is 19.1. The second-order valence-corrected chi connectivity index (χ2v) is 4.71. The largest absolute Gasteiger partial charge is 0.497 e. The first-order valence-electron chi connectivity index (χ1n) is 6.37. The van der Waals surface area contributed by atoms with Crippen LogP contribution < -0.4 is 10.1 Å². The molecule has 1 N–H and O–H groups in total. The van der Waals surface area contributed by atoms with Gasteiger partial charge in [0.15, 0.2) is 0 Å². The predicted octanol–water partition coefficient (Wildman–Crippen LogP) is 4.45. The van der Waals surface area contributed by atoms with Crippen molar-refractivity contribution in [3.8, 4) is 5.75 Å². The summed E-state index contributed by atoms with van der Waals surface area (Å²) in [5.41, 5.74) is 2.32. The summed E-state index contributed by atoms with van der Waals surface area (Å²) < 4.78 is 31.8. The molecule has 0 fully saturated rings. The van der Waals surface area contributed by atoms with E-state index in [4.69, 9.17) is 4.74 Å². The van der Waals surface area contributed by atoms with Crippen molar-refractivity contribution in [1.29, 1.82) is 0 Å². The van der Waals surface area contributed by atoms with E-state index in [1.165, 1.54) is 12.1 Å². The SMILES string of the molecule is COc1ccc(NC(C)c2ccc(F)cc2F)c(C)c1. The highest BCUT2D eigenvalue weighted by Crippen LogP contribution is 2.26. The van der Waals surface area contributed by atoms with Gasteiger partial charge in [-0.05, 0) is 43.7 Å². The third-order valence-electron chi connectivity index (χ3n) is 3.23. The Balaban J connectivity index is 2.21. The average Bonchev–Trinajstić information content (AvgIpc) is 2.40. The van der Waals surface area contributed by atoms with E-state index in [0.717, 1.165) is 23.1 Å². The first-order valence-corrected chi connectivity index (χ1v) is 6.37. The van der Waals surface area contributed by atoms with E-state index in [2.05, 4.69) is 5.32 Å². The molecule has 0 aliphatic heterocycles. The molecule has 4 heteroatoms. The van der Waals surface area contributed by atoms with Crippen LogP contribution in [0.2, 0.25) is 0 Å². The first-order chi connectivity index (χ1) is 9.51. The van der Waals surface area contributed by atoms with Crippen LogP contribution in [0.4, 0.5) is 14.5 Å². The van der Waals surface area contributed by atoms with Crippen molar-refractivity contribution in [2.24, 2.45) is 0 Å². The van der Waals surface area contributed by atoms with E-state index in [0.29, 0.717) is 5.56 Å². The number of hydrogen-bond acceptors (Lipinski definition) is 2. The number of ether oxygens (including phenoxy) is 1. The van der Waals surface area contributed by atoms with Gasteiger partial charge in [0.2, 0.25) is 0 Å². The lowest BCUT2D eigenvalue weighted by molar-refractivity contribution is 0.414. The zero-order valence-electron chi connectivity index (χ0n) is 11.7. The Hall–Kier alpha value is -2.10. The lowest BCUT2D eigenvalue weighted by atomic mass is 10.1. The molecule has 2 rings (SSSR count). The third-order valence-corrected chi connectivity index (χ3v) is 3.23. The lowest BCUT2D eigenvalue weighted by Crippen LogP contribution is -2.09. The summed E-state index contributed by atoms with van der Waals surface area (Å²) in [6.07, 6.45) is 0. The highest BCUT2D eigenvalue weighted by Gasteiger charge is 2.12. The average molecular weight is 277 g/mol. The van der Waals surface area contributed by atoms with Crippen LogP contribution in [0, 0.1) is 18.6 Å². The molecule has 0 saturated heterocycles. The van der Waals surface area contributed by atoms with Crippen LogP contribution >= 0.6 is 0 Å². The maximum atomic E-state index is 13.7.